The van der Waals surface area contributed by atoms with Crippen molar-refractivity contribution in [2.75, 3.05) is 7.05 Å². The number of H-pyrrole nitrogens is 1. The number of nitrogens with one attached hydrogen (secondary N) is 1. The first kappa shape index (κ1) is 14.2. The predicted octanol–water partition coefficient (Wildman–Crippen LogP) is 0.324. The zero-order valence-electron chi connectivity index (χ0n) is 10.5. The fourth-order valence-corrected chi connectivity index (χ4v) is 2.54. The van der Waals surface area contributed by atoms with Crippen molar-refractivity contribution >= 4 is 16.0 Å². The third-order valence-corrected chi connectivity index (χ3v) is 4.30. The average Bonchev–Trinajstić information content (AvgIpc) is 2.91. The minimum Gasteiger partial charge on any atom is -0.478 e. The maximum atomic E-state index is 12.2. The summed E-state index contributed by atoms with van der Waals surface area (Å²) in [4.78, 5) is 21.1. The molecular weight excluding hydrogens is 284 g/mol. The molecule has 2 N–H and O–H groups in total. The minimum atomic E-state index is -3.79. The molecule has 0 atom stereocenters. The van der Waals surface area contributed by atoms with Crippen LogP contribution in [-0.2, 0) is 16.6 Å². The van der Waals surface area contributed by atoms with E-state index in [1.165, 1.54) is 19.3 Å². The number of imidazole rings is 1. The van der Waals surface area contributed by atoms with Crippen LogP contribution in [0.4, 0.5) is 0 Å². The lowest BCUT2D eigenvalue weighted by Gasteiger charge is -2.15. The molecule has 0 radical (unpaired) electrons. The number of carboxylic acid groups (broad SMARTS) is 1. The van der Waals surface area contributed by atoms with Gasteiger partial charge in [0.05, 0.1) is 12.1 Å². The van der Waals surface area contributed by atoms with Gasteiger partial charge in [-0.25, -0.2) is 23.2 Å². The highest BCUT2D eigenvalue weighted by molar-refractivity contribution is 7.89. The summed E-state index contributed by atoms with van der Waals surface area (Å²) in [6.07, 6.45) is 4.13. The molecule has 0 aromatic carbocycles. The van der Waals surface area contributed by atoms with Crippen LogP contribution in [0.5, 0.6) is 0 Å². The zero-order valence-corrected chi connectivity index (χ0v) is 11.3. The number of hydrogen-bond donors (Lipinski definition) is 2. The molecular formula is C11H12N4O4S. The Morgan fingerprint density at radius 3 is 2.65 bits per heavy atom. The molecule has 9 heteroatoms. The monoisotopic (exact) mass is 296 g/mol. The van der Waals surface area contributed by atoms with Gasteiger partial charge in [-0.2, -0.15) is 4.31 Å². The van der Waals surface area contributed by atoms with Crippen molar-refractivity contribution in [1.29, 1.82) is 0 Å². The number of carbonyl (C=O) groups is 1. The number of aromatic carboxylic acids is 1. The first-order chi connectivity index (χ1) is 9.41. The fraction of sp³-hybridized carbons (Fsp3) is 0.182. The van der Waals surface area contributed by atoms with Gasteiger partial charge in [-0.3, -0.25) is 0 Å². The van der Waals surface area contributed by atoms with E-state index < -0.39 is 16.0 Å². The second-order valence-electron chi connectivity index (χ2n) is 3.99. The molecule has 0 saturated heterocycles. The third kappa shape index (κ3) is 2.83. The quantitative estimate of drug-likeness (QED) is 0.821. The van der Waals surface area contributed by atoms with Crippen molar-refractivity contribution < 1.29 is 18.3 Å². The minimum absolute atomic E-state index is 0.0672. The largest absolute Gasteiger partial charge is 0.478 e. The van der Waals surface area contributed by atoms with Crippen molar-refractivity contribution in [3.8, 4) is 0 Å². The Bertz CT molecular complexity index is 695. The van der Waals surface area contributed by atoms with Crippen molar-refractivity contribution in [2.24, 2.45) is 0 Å². The van der Waals surface area contributed by atoms with Crippen LogP contribution < -0.4 is 0 Å². The molecule has 20 heavy (non-hydrogen) atoms. The van der Waals surface area contributed by atoms with Gasteiger partial charge in [0.15, 0.2) is 5.03 Å². The number of rotatable bonds is 5. The molecule has 0 spiro atoms. The Morgan fingerprint density at radius 1 is 1.40 bits per heavy atom. The molecule has 0 aliphatic rings. The topological polar surface area (TPSA) is 116 Å². The summed E-state index contributed by atoms with van der Waals surface area (Å²) < 4.78 is 25.5. The van der Waals surface area contributed by atoms with E-state index in [0.29, 0.717) is 5.82 Å². The Morgan fingerprint density at radius 2 is 2.15 bits per heavy atom. The van der Waals surface area contributed by atoms with E-state index in [-0.39, 0.29) is 17.1 Å². The normalized spacial score (nSPS) is 11.7. The van der Waals surface area contributed by atoms with E-state index in [0.717, 1.165) is 16.6 Å². The summed E-state index contributed by atoms with van der Waals surface area (Å²) in [7, 11) is -2.39. The average molecular weight is 296 g/mol. The predicted molar refractivity (Wildman–Crippen MR) is 68.4 cm³/mol. The van der Waals surface area contributed by atoms with Crippen molar-refractivity contribution in [3.05, 3.63) is 42.1 Å². The first-order valence-corrected chi connectivity index (χ1v) is 6.99. The number of aromatic amines is 1. The van der Waals surface area contributed by atoms with E-state index in [1.54, 1.807) is 6.20 Å². The van der Waals surface area contributed by atoms with Gasteiger partial charge in [0.1, 0.15) is 5.82 Å². The van der Waals surface area contributed by atoms with Crippen LogP contribution in [0.15, 0.2) is 35.7 Å². The Kier molecular flexibility index (Phi) is 3.81. The fourth-order valence-electron chi connectivity index (χ4n) is 1.50. The molecule has 0 bridgehead atoms. The summed E-state index contributed by atoms with van der Waals surface area (Å²) in [6, 6.07) is 2.36. The van der Waals surface area contributed by atoms with Crippen LogP contribution >= 0.6 is 0 Å². The van der Waals surface area contributed by atoms with Crippen molar-refractivity contribution in [2.45, 2.75) is 11.6 Å². The summed E-state index contributed by atoms with van der Waals surface area (Å²) in [5, 5.41) is 8.54. The van der Waals surface area contributed by atoms with Gasteiger partial charge in [0, 0.05) is 25.6 Å². The van der Waals surface area contributed by atoms with Crippen LogP contribution in [0.1, 0.15) is 16.2 Å². The van der Waals surface area contributed by atoms with Gasteiger partial charge in [-0.05, 0) is 12.1 Å². The summed E-state index contributed by atoms with van der Waals surface area (Å²) in [6.45, 7) is 0.0672. The molecule has 0 aliphatic heterocycles. The smallest absolute Gasteiger partial charge is 0.337 e. The highest BCUT2D eigenvalue weighted by Crippen LogP contribution is 2.13. The summed E-state index contributed by atoms with van der Waals surface area (Å²) in [5.74, 6) is -0.663. The molecule has 106 valence electrons. The number of nitrogens with zero attached hydrogens (tertiary/aromatic N) is 3. The van der Waals surface area contributed by atoms with Gasteiger partial charge in [-0.15, -0.1) is 0 Å². The van der Waals surface area contributed by atoms with E-state index in [9.17, 15) is 13.2 Å². The highest BCUT2D eigenvalue weighted by atomic mass is 32.2. The second kappa shape index (κ2) is 5.39. The zero-order chi connectivity index (χ0) is 14.8. The second-order valence-corrected chi connectivity index (χ2v) is 5.98. The van der Waals surface area contributed by atoms with Crippen molar-refractivity contribution in [1.82, 2.24) is 19.3 Å². The Hall–Kier alpha value is -2.26. The van der Waals surface area contributed by atoms with Crippen LogP contribution in [0, 0.1) is 0 Å². The lowest BCUT2D eigenvalue weighted by Crippen LogP contribution is -2.27. The Labute approximate surface area is 115 Å². The molecule has 8 nitrogen and oxygen atoms in total. The third-order valence-electron chi connectivity index (χ3n) is 2.59. The van der Waals surface area contributed by atoms with Gasteiger partial charge in [-0.1, -0.05) is 0 Å². The first-order valence-electron chi connectivity index (χ1n) is 5.55. The molecule has 2 heterocycles. The van der Waals surface area contributed by atoms with Gasteiger partial charge >= 0.3 is 5.97 Å². The van der Waals surface area contributed by atoms with Crippen LogP contribution in [0.3, 0.4) is 0 Å². The molecule has 0 fully saturated rings. The van der Waals surface area contributed by atoms with E-state index in [4.69, 9.17) is 5.11 Å². The molecule has 0 amide bonds. The maximum absolute atomic E-state index is 12.2. The van der Waals surface area contributed by atoms with Gasteiger partial charge < -0.3 is 10.1 Å². The maximum Gasteiger partial charge on any atom is 0.337 e. The van der Waals surface area contributed by atoms with Crippen LogP contribution in [-0.4, -0.2) is 45.8 Å². The lowest BCUT2D eigenvalue weighted by molar-refractivity contribution is 0.0696. The Balaban J connectivity index is 2.23. The van der Waals surface area contributed by atoms with Crippen molar-refractivity contribution in [3.63, 3.8) is 0 Å². The summed E-state index contributed by atoms with van der Waals surface area (Å²) >= 11 is 0. The lowest BCUT2D eigenvalue weighted by atomic mass is 10.3. The molecule has 2 aromatic rings. The standard InChI is InChI=1S/C11H12N4O4S/c1-15(7-9-12-4-5-13-9)20(18,19)10-3-2-8(6-14-10)11(16)17/h2-6H,7H2,1H3,(H,12,13)(H,16,17). The van der Waals surface area contributed by atoms with Gasteiger partial charge in [0.25, 0.3) is 10.0 Å². The number of carboxylic acids is 1. The van der Waals surface area contributed by atoms with E-state index in [1.807, 2.05) is 0 Å². The molecule has 2 aromatic heterocycles. The molecule has 0 aliphatic carbocycles. The van der Waals surface area contributed by atoms with Crippen LogP contribution in [0.25, 0.3) is 0 Å². The highest BCUT2D eigenvalue weighted by Gasteiger charge is 2.23. The summed E-state index contributed by atoms with van der Waals surface area (Å²) in [5.41, 5.74) is -0.0716. The van der Waals surface area contributed by atoms with Crippen LogP contribution in [0.2, 0.25) is 0 Å². The molecule has 0 unspecified atom stereocenters. The van der Waals surface area contributed by atoms with Gasteiger partial charge in [0.2, 0.25) is 0 Å². The number of pyridine rings is 1. The number of sulfonamides is 1. The van der Waals surface area contributed by atoms with E-state index in [2.05, 4.69) is 15.0 Å². The van der Waals surface area contributed by atoms with E-state index >= 15 is 0 Å². The molecule has 2 rings (SSSR count). The number of hydrogen-bond acceptors (Lipinski definition) is 5. The number of aromatic nitrogens is 3. The SMILES string of the molecule is CN(Cc1ncc[nH]1)S(=O)(=O)c1ccc(C(=O)O)cn1. The molecule has 0 saturated carbocycles.